The monoisotopic (exact) mass is 525 g/mol. The van der Waals surface area contributed by atoms with Gasteiger partial charge in [0.25, 0.3) is 0 Å². The van der Waals surface area contributed by atoms with Crippen LogP contribution in [0.15, 0.2) is 58.9 Å². The molecule has 0 aliphatic carbocycles. The maximum Gasteiger partial charge on any atom is 0.341 e. The summed E-state index contributed by atoms with van der Waals surface area (Å²) in [6.07, 6.45) is 5.27. The molecular weight excluding hydrogens is 499 g/mol. The van der Waals surface area contributed by atoms with Crippen molar-refractivity contribution in [1.82, 2.24) is 9.97 Å². The van der Waals surface area contributed by atoms with Gasteiger partial charge < -0.3 is 10.1 Å². The zero-order chi connectivity index (χ0) is 24.9. The summed E-state index contributed by atoms with van der Waals surface area (Å²) in [6.45, 7) is 4.39. The van der Waals surface area contributed by atoms with Crippen LogP contribution in [0.4, 0.5) is 10.9 Å². The summed E-state index contributed by atoms with van der Waals surface area (Å²) in [7, 11) is 0.336. The van der Waals surface area contributed by atoms with E-state index >= 15 is 0 Å². The smallest absolute Gasteiger partial charge is 0.341 e. The summed E-state index contributed by atoms with van der Waals surface area (Å²) in [5.74, 6) is 0.492. The molecule has 0 radical (unpaired) electrons. The van der Waals surface area contributed by atoms with E-state index in [1.807, 2.05) is 41.8 Å². The average molecular weight is 526 g/mol. The van der Waals surface area contributed by atoms with Crippen molar-refractivity contribution in [2.75, 3.05) is 18.7 Å². The highest BCUT2D eigenvalue weighted by Gasteiger charge is 2.19. The molecule has 0 aliphatic heterocycles. The third kappa shape index (κ3) is 6.04. The largest absolute Gasteiger partial charge is 0.465 e. The second kappa shape index (κ2) is 11.2. The Morgan fingerprint density at radius 3 is 2.57 bits per heavy atom. The number of nitrogens with zero attached hydrogens (tertiary/aromatic N) is 2. The van der Waals surface area contributed by atoms with E-state index in [9.17, 15) is 9.00 Å². The van der Waals surface area contributed by atoms with E-state index in [2.05, 4.69) is 24.1 Å². The number of methoxy groups -OCH3 is 1. The van der Waals surface area contributed by atoms with Gasteiger partial charge >= 0.3 is 5.97 Å². The molecule has 182 valence electrons. The number of rotatable bonds is 9. The van der Waals surface area contributed by atoms with Crippen LogP contribution in [0.5, 0.6) is 0 Å². The van der Waals surface area contributed by atoms with E-state index in [0.29, 0.717) is 22.4 Å². The molecule has 1 N–H and O–H groups in total. The van der Waals surface area contributed by atoms with Gasteiger partial charge in [0.15, 0.2) is 5.13 Å². The van der Waals surface area contributed by atoms with E-state index in [4.69, 9.17) is 9.72 Å². The molecule has 1 atom stereocenters. The van der Waals surface area contributed by atoms with E-state index in [1.54, 1.807) is 29.9 Å². The van der Waals surface area contributed by atoms with Gasteiger partial charge in [0.2, 0.25) is 0 Å². The molecule has 3 aromatic heterocycles. The number of carbonyl (C=O) groups is 1. The minimum Gasteiger partial charge on any atom is -0.465 e. The Morgan fingerprint density at radius 2 is 1.94 bits per heavy atom. The maximum atomic E-state index is 12.6. The summed E-state index contributed by atoms with van der Waals surface area (Å²) < 4.78 is 16.8. The number of ether oxygens (including phenoxy) is 1. The predicted molar refractivity (Wildman–Crippen MR) is 145 cm³/mol. The predicted octanol–water partition coefficient (Wildman–Crippen LogP) is 6.79. The van der Waals surface area contributed by atoms with E-state index in [0.717, 1.165) is 44.3 Å². The van der Waals surface area contributed by atoms with Crippen LogP contribution in [0.3, 0.4) is 0 Å². The Hall–Kier alpha value is -2.88. The molecule has 3 heterocycles. The molecule has 0 spiro atoms. The Balaban J connectivity index is 1.70. The van der Waals surface area contributed by atoms with Crippen LogP contribution in [-0.2, 0) is 22.0 Å². The van der Waals surface area contributed by atoms with Crippen LogP contribution in [0.2, 0.25) is 0 Å². The van der Waals surface area contributed by atoms with Crippen molar-refractivity contribution < 1.29 is 13.7 Å². The molecule has 0 fully saturated rings. The van der Waals surface area contributed by atoms with Crippen LogP contribution in [0.1, 0.15) is 36.3 Å². The summed E-state index contributed by atoms with van der Waals surface area (Å²) in [5, 5.41) is 5.90. The fourth-order valence-corrected chi connectivity index (χ4v) is 5.78. The van der Waals surface area contributed by atoms with Crippen LogP contribution in [0.25, 0.3) is 20.9 Å². The van der Waals surface area contributed by atoms with Crippen molar-refractivity contribution in [2.45, 2.75) is 31.6 Å². The first-order chi connectivity index (χ1) is 16.9. The summed E-state index contributed by atoms with van der Waals surface area (Å²) in [5.41, 5.74) is 3.23. The average Bonchev–Trinajstić information content (AvgIpc) is 3.53. The molecule has 0 aliphatic rings. The Labute approximate surface area is 215 Å². The van der Waals surface area contributed by atoms with Gasteiger partial charge in [-0.25, -0.2) is 14.8 Å². The van der Waals surface area contributed by atoms with Crippen LogP contribution < -0.4 is 5.32 Å². The van der Waals surface area contributed by atoms with Gasteiger partial charge in [-0.1, -0.05) is 43.4 Å². The van der Waals surface area contributed by atoms with Gasteiger partial charge in [-0.05, 0) is 54.0 Å². The quantitative estimate of drug-likeness (QED) is 0.242. The van der Waals surface area contributed by atoms with Gasteiger partial charge in [-0.2, -0.15) is 0 Å². The maximum absolute atomic E-state index is 12.6. The van der Waals surface area contributed by atoms with Crippen LogP contribution in [0, 0.1) is 5.92 Å². The van der Waals surface area contributed by atoms with Gasteiger partial charge in [0.1, 0.15) is 11.4 Å². The number of hydrogen-bond acceptors (Lipinski definition) is 8. The zero-order valence-corrected chi connectivity index (χ0v) is 22.5. The molecule has 1 unspecified atom stereocenters. The normalized spacial score (nSPS) is 12.0. The standard InChI is InChI=1S/C26H27N3O3S3/c1-16(2)7-12-21-23(17-8-10-19(11-9-17)35(4)31)34-26(28-21)29-24-20(25(30)32-3)14-18(15-27-24)22-6-5-13-33-22/h5-6,8-11,13-16H,7,12H2,1-4H3,(H,27,28,29). The number of anilines is 2. The number of thiophene rings is 1. The molecule has 0 bridgehead atoms. The number of esters is 1. The highest BCUT2D eigenvalue weighted by atomic mass is 32.2. The molecule has 0 amide bonds. The molecular formula is C26H27N3O3S3. The van der Waals surface area contributed by atoms with E-state index in [1.165, 1.54) is 18.4 Å². The topological polar surface area (TPSA) is 81.2 Å². The number of aryl methyl sites for hydroxylation is 1. The van der Waals surface area contributed by atoms with Crippen molar-refractivity contribution in [3.8, 4) is 20.9 Å². The van der Waals surface area contributed by atoms with Crippen molar-refractivity contribution in [3.05, 3.63) is 65.3 Å². The molecule has 35 heavy (non-hydrogen) atoms. The van der Waals surface area contributed by atoms with E-state index < -0.39 is 16.8 Å². The SMILES string of the molecule is COC(=O)c1cc(-c2cccs2)cnc1Nc1nc(CCC(C)C)c(-c2ccc(S(C)=O)cc2)s1. The summed E-state index contributed by atoms with van der Waals surface area (Å²) >= 11 is 3.10. The minimum absolute atomic E-state index is 0.355. The van der Waals surface area contributed by atoms with Crippen molar-refractivity contribution >= 4 is 50.4 Å². The number of aromatic nitrogens is 2. The van der Waals surface area contributed by atoms with E-state index in [-0.39, 0.29) is 0 Å². The number of carbonyl (C=O) groups excluding carboxylic acids is 1. The van der Waals surface area contributed by atoms with Crippen molar-refractivity contribution in [1.29, 1.82) is 0 Å². The zero-order valence-electron chi connectivity index (χ0n) is 20.0. The third-order valence-electron chi connectivity index (χ3n) is 5.43. The fourth-order valence-electron chi connectivity index (χ4n) is 3.53. The number of benzene rings is 1. The lowest BCUT2D eigenvalue weighted by molar-refractivity contribution is 0.0601. The molecule has 0 saturated carbocycles. The highest BCUT2D eigenvalue weighted by molar-refractivity contribution is 7.84. The molecule has 4 rings (SSSR count). The van der Waals surface area contributed by atoms with Crippen molar-refractivity contribution in [2.24, 2.45) is 5.92 Å². The third-order valence-corrected chi connectivity index (χ3v) is 8.35. The van der Waals surface area contributed by atoms with Gasteiger partial charge in [-0.15, -0.1) is 11.3 Å². The molecule has 9 heteroatoms. The van der Waals surface area contributed by atoms with Gasteiger partial charge in [-0.3, -0.25) is 4.21 Å². The molecule has 6 nitrogen and oxygen atoms in total. The Kier molecular flexibility index (Phi) is 8.10. The molecule has 4 aromatic rings. The summed E-state index contributed by atoms with van der Waals surface area (Å²) in [4.78, 5) is 24.8. The Morgan fingerprint density at radius 1 is 1.17 bits per heavy atom. The van der Waals surface area contributed by atoms with Crippen LogP contribution >= 0.6 is 22.7 Å². The lowest BCUT2D eigenvalue weighted by Gasteiger charge is -2.09. The molecule has 1 aromatic carbocycles. The lowest BCUT2D eigenvalue weighted by Crippen LogP contribution is -2.07. The number of hydrogen-bond donors (Lipinski definition) is 1. The van der Waals surface area contributed by atoms with Gasteiger partial charge in [0.05, 0.1) is 17.7 Å². The first-order valence-electron chi connectivity index (χ1n) is 11.2. The highest BCUT2D eigenvalue weighted by Crippen LogP contribution is 2.37. The first kappa shape index (κ1) is 25.2. The first-order valence-corrected chi connectivity index (χ1v) is 14.4. The Bertz CT molecular complexity index is 1330. The second-order valence-corrected chi connectivity index (χ2v) is 11.7. The minimum atomic E-state index is -1.03. The number of nitrogens with one attached hydrogen (secondary N) is 1. The van der Waals surface area contributed by atoms with Crippen molar-refractivity contribution in [3.63, 3.8) is 0 Å². The lowest BCUT2D eigenvalue weighted by atomic mass is 10.0. The number of pyridine rings is 1. The second-order valence-electron chi connectivity index (χ2n) is 8.42. The van der Waals surface area contributed by atoms with Gasteiger partial charge in [0, 0.05) is 38.6 Å². The van der Waals surface area contributed by atoms with Crippen LogP contribution in [-0.4, -0.2) is 33.5 Å². The summed E-state index contributed by atoms with van der Waals surface area (Å²) in [6, 6.07) is 13.5. The number of thiazole rings is 1. The molecule has 0 saturated heterocycles. The fraction of sp³-hybridized carbons (Fsp3) is 0.269.